The topological polar surface area (TPSA) is 42.0 Å². The van der Waals surface area contributed by atoms with Gasteiger partial charge in [0, 0.05) is 73.6 Å². The van der Waals surface area contributed by atoms with E-state index < -0.39 is 0 Å². The molecule has 1 aliphatic heterocycles. The highest BCUT2D eigenvalue weighted by molar-refractivity contribution is 6.08. The van der Waals surface area contributed by atoms with Crippen molar-refractivity contribution < 1.29 is 13.6 Å². The number of furan rings is 2. The lowest BCUT2D eigenvalue weighted by molar-refractivity contribution is 0.288. The van der Waals surface area contributed by atoms with Crippen molar-refractivity contribution in [3.05, 3.63) is 257 Å². The Hall–Kier alpha value is -9.58. The molecule has 0 saturated heterocycles. The van der Waals surface area contributed by atoms with E-state index in [0.717, 1.165) is 96.1 Å². The molecule has 16 rings (SSSR count). The molecule has 0 amide bonds. The maximum Gasteiger partial charge on any atom is 0.137 e. The van der Waals surface area contributed by atoms with Crippen molar-refractivity contribution >= 4 is 101 Å². The fourth-order valence-corrected chi connectivity index (χ4v) is 14.4. The molecule has 2 aromatic heterocycles. The number of fused-ring (bicyclic) bond motifs is 11. The highest BCUT2D eigenvalue weighted by Gasteiger charge is 2.35. The third-order valence-electron chi connectivity index (χ3n) is 19.1. The van der Waals surface area contributed by atoms with E-state index in [1.807, 2.05) is 6.07 Å². The molecule has 0 radical (unpaired) electrons. The van der Waals surface area contributed by atoms with Crippen LogP contribution in [0.15, 0.2) is 233 Å². The molecule has 11 aromatic carbocycles. The third kappa shape index (κ3) is 9.38. The first-order chi connectivity index (χ1) is 42.3. The van der Waals surface area contributed by atoms with Crippen molar-refractivity contribution in [3.63, 3.8) is 0 Å². The zero-order valence-electron chi connectivity index (χ0n) is 50.4. The number of anilines is 6. The number of hydrogen-bond acceptors (Lipinski definition) is 5. The summed E-state index contributed by atoms with van der Waals surface area (Å²) in [7, 11) is 0. The van der Waals surface area contributed by atoms with Crippen LogP contribution < -0.4 is 25.0 Å². The first kappa shape index (κ1) is 52.9. The zero-order valence-corrected chi connectivity index (χ0v) is 50.4. The summed E-state index contributed by atoms with van der Waals surface area (Å²) in [6, 6.07) is 82.9. The lowest BCUT2D eigenvalue weighted by Gasteiger charge is -2.33. The van der Waals surface area contributed by atoms with Crippen molar-refractivity contribution in [1.29, 1.82) is 0 Å². The summed E-state index contributed by atoms with van der Waals surface area (Å²) in [6.45, 7) is 13.6. The second-order valence-corrected chi connectivity index (χ2v) is 26.7. The minimum atomic E-state index is -0.156. The molecule has 87 heavy (non-hydrogen) atoms. The number of hydrogen-bond donors (Lipinski definition) is 0. The van der Waals surface area contributed by atoms with Crippen LogP contribution in [0.1, 0.15) is 108 Å². The lowest BCUT2D eigenvalue weighted by Crippen LogP contribution is -2.34. The minimum absolute atomic E-state index is 0.0763. The van der Waals surface area contributed by atoms with Gasteiger partial charge in [0.25, 0.3) is 0 Å². The molecule has 0 N–H and O–H groups in total. The molecule has 426 valence electrons. The summed E-state index contributed by atoms with van der Waals surface area (Å²) in [6.07, 6.45) is 10.6. The van der Waals surface area contributed by atoms with Crippen LogP contribution in [0.3, 0.4) is 0 Å². The number of para-hydroxylation sites is 2. The smallest absolute Gasteiger partial charge is 0.137 e. The molecule has 3 aliphatic rings. The number of ether oxygens (including phenoxy) is 1. The van der Waals surface area contributed by atoms with Crippen LogP contribution in [0.4, 0.5) is 34.1 Å². The molecule has 5 heteroatoms. The average molecular weight is 1130 g/mol. The normalized spacial score (nSPS) is 15.9. The van der Waals surface area contributed by atoms with Gasteiger partial charge in [0.2, 0.25) is 0 Å². The summed E-state index contributed by atoms with van der Waals surface area (Å²) >= 11 is 0. The summed E-state index contributed by atoms with van der Waals surface area (Å²) in [4.78, 5) is 4.85. The van der Waals surface area contributed by atoms with Crippen LogP contribution in [0.5, 0.6) is 5.75 Å². The third-order valence-corrected chi connectivity index (χ3v) is 19.1. The van der Waals surface area contributed by atoms with Crippen LogP contribution in [-0.2, 0) is 10.8 Å². The Kier molecular flexibility index (Phi) is 12.5. The summed E-state index contributed by atoms with van der Waals surface area (Å²) in [5.74, 6) is 1.43. The number of rotatable bonds is 9. The van der Waals surface area contributed by atoms with Crippen molar-refractivity contribution in [2.75, 3.05) is 9.80 Å². The van der Waals surface area contributed by atoms with E-state index in [4.69, 9.17) is 13.6 Å². The van der Waals surface area contributed by atoms with Gasteiger partial charge in [-0.25, -0.2) is 0 Å². The van der Waals surface area contributed by atoms with E-state index in [-0.39, 0.29) is 22.9 Å². The van der Waals surface area contributed by atoms with Crippen molar-refractivity contribution in [2.45, 2.75) is 102 Å². The highest BCUT2D eigenvalue weighted by atomic mass is 16.5. The summed E-state index contributed by atoms with van der Waals surface area (Å²) < 4.78 is 20.4. The van der Waals surface area contributed by atoms with Crippen molar-refractivity contribution in [2.24, 2.45) is 0 Å². The van der Waals surface area contributed by atoms with Crippen molar-refractivity contribution in [1.82, 2.24) is 0 Å². The fraction of sp³-hybridized carbons (Fsp3) is 0.195. The largest absolute Gasteiger partial charge is 0.485 e. The van der Waals surface area contributed by atoms with E-state index in [2.05, 4.69) is 282 Å². The molecule has 2 aliphatic carbocycles. The molecule has 2 atom stereocenters. The first-order valence-electron chi connectivity index (χ1n) is 31.3. The number of benzene rings is 11. The van der Waals surface area contributed by atoms with Gasteiger partial charge in [-0.1, -0.05) is 188 Å². The minimum Gasteiger partial charge on any atom is -0.485 e. The van der Waals surface area contributed by atoms with Crippen LogP contribution >= 0.6 is 0 Å². The number of nitrogens with zero attached hydrogens (tertiary/aromatic N) is 2. The molecule has 13 aromatic rings. The Bertz CT molecular complexity index is 4950. The van der Waals surface area contributed by atoms with Crippen LogP contribution in [0, 0.1) is 0 Å². The van der Waals surface area contributed by atoms with Crippen molar-refractivity contribution in [3.8, 4) is 28.0 Å². The molecule has 0 spiro atoms. The van der Waals surface area contributed by atoms with E-state index >= 15 is 0 Å². The van der Waals surface area contributed by atoms with Gasteiger partial charge in [-0.3, -0.25) is 0 Å². The van der Waals surface area contributed by atoms with Gasteiger partial charge in [-0.2, -0.15) is 0 Å². The van der Waals surface area contributed by atoms with Gasteiger partial charge in [0.15, 0.2) is 0 Å². The second kappa shape index (κ2) is 20.6. The van der Waals surface area contributed by atoms with E-state index in [1.165, 1.54) is 85.4 Å². The summed E-state index contributed by atoms with van der Waals surface area (Å²) in [5.41, 5.74) is 20.3. The Morgan fingerprint density at radius 3 is 1.43 bits per heavy atom. The first-order valence-corrected chi connectivity index (χ1v) is 31.3. The summed E-state index contributed by atoms with van der Waals surface area (Å²) in [5, 5.41) is 9.38. The Morgan fingerprint density at radius 1 is 0.379 bits per heavy atom. The highest BCUT2D eigenvalue weighted by Crippen LogP contribution is 2.51. The molecule has 3 heterocycles. The van der Waals surface area contributed by atoms with E-state index in [0.29, 0.717) is 5.92 Å². The molecule has 2 unspecified atom stereocenters. The van der Waals surface area contributed by atoms with Gasteiger partial charge >= 0.3 is 0 Å². The average Bonchev–Trinajstić information content (AvgIpc) is 1.89. The van der Waals surface area contributed by atoms with Gasteiger partial charge in [-0.15, -0.1) is 0 Å². The second-order valence-electron chi connectivity index (χ2n) is 26.7. The van der Waals surface area contributed by atoms with Gasteiger partial charge in [0.1, 0.15) is 34.2 Å². The predicted octanol–water partition coefficient (Wildman–Crippen LogP) is 21.7. The molecule has 5 nitrogen and oxygen atoms in total. The van der Waals surface area contributed by atoms with Gasteiger partial charge < -0.3 is 23.4 Å². The quantitative estimate of drug-likeness (QED) is 0.144. The standard InChI is InChI=1S/C82H70N2O3/c1-81(2,3)59-30-20-51(21-31-59)53-24-34-61(35-25-53)83(64-39-41-68-66-16-10-12-18-74(66)85-77(68)48-64)63-38-28-56-45-71-72-46-57-29-43-73(80(55-14-8-7-9-15-55)70(57)50-79(72)87-76(71)47-58(56)44-63)84(65-40-42-69-67-17-11-13-19-75(67)86-78(69)49-65)62-36-26-54(27-37-62)52-22-32-60(33-23-52)82(4,5)6/h10-13,16-50,55,71,76H,7-9,14-15H2,1-6H3. The molecular weight excluding hydrogens is 1060 g/mol. The maximum atomic E-state index is 7.23. The Labute approximate surface area is 509 Å². The van der Waals surface area contributed by atoms with E-state index in [9.17, 15) is 0 Å². The molecule has 0 bridgehead atoms. The monoisotopic (exact) mass is 1130 g/mol. The zero-order chi connectivity index (χ0) is 58.7. The molecular formula is C82H70N2O3. The van der Waals surface area contributed by atoms with Crippen LogP contribution in [0.2, 0.25) is 0 Å². The Morgan fingerprint density at radius 2 is 0.862 bits per heavy atom. The van der Waals surface area contributed by atoms with Gasteiger partial charge in [0.05, 0.1) is 5.69 Å². The molecule has 1 saturated carbocycles. The van der Waals surface area contributed by atoms with E-state index in [1.54, 1.807) is 0 Å². The predicted molar refractivity (Wildman–Crippen MR) is 364 cm³/mol. The molecule has 1 fully saturated rings. The van der Waals surface area contributed by atoms with Crippen LogP contribution in [-0.4, -0.2) is 6.10 Å². The SMILES string of the molecule is CC(C)(C)c1ccc(-c2ccc(N(c3ccc4c(c3)=CC3Oc5cc6c(C7CCCCC7)c(N(c7ccc(-c8ccc(C(C)(C)C)cc8)cc7)c7ccc8c(c7)oc7ccccc78)ccc6cc5C3C=4)c3ccc4c(c3)oc3ccccc34)cc2)cc1. The maximum absolute atomic E-state index is 7.23. The lowest BCUT2D eigenvalue weighted by atomic mass is 9.80. The van der Waals surface area contributed by atoms with Gasteiger partial charge in [-0.05, 0) is 187 Å². The Balaban J connectivity index is 0.785. The van der Waals surface area contributed by atoms with Crippen LogP contribution in [0.25, 0.3) is 89.1 Å². The fourth-order valence-electron chi connectivity index (χ4n) is 14.4.